The maximum Gasteiger partial charge on any atom is 0.0625 e. The molecule has 1 aliphatic heterocycles. The van der Waals surface area contributed by atoms with Gasteiger partial charge >= 0.3 is 0 Å². The number of rotatable bonds is 0. The van der Waals surface area contributed by atoms with E-state index in [2.05, 4.69) is 5.73 Å². The molecule has 0 saturated heterocycles. The van der Waals surface area contributed by atoms with E-state index in [4.69, 9.17) is 5.84 Å². The van der Waals surface area contributed by atoms with Crippen molar-refractivity contribution in [2.24, 2.45) is 5.84 Å². The van der Waals surface area contributed by atoms with Crippen LogP contribution in [-0.4, -0.2) is 5.01 Å². The van der Waals surface area contributed by atoms with E-state index in [1.807, 2.05) is 6.08 Å². The van der Waals surface area contributed by atoms with Crippen LogP contribution in [0.1, 0.15) is 0 Å². The predicted molar refractivity (Wildman–Crippen MR) is 27.8 cm³/mol. The Morgan fingerprint density at radius 3 is 2.71 bits per heavy atom. The molecule has 0 aromatic heterocycles. The van der Waals surface area contributed by atoms with Gasteiger partial charge in [0.15, 0.2) is 0 Å². The summed E-state index contributed by atoms with van der Waals surface area (Å²) in [5, 5.41) is 1.44. The summed E-state index contributed by atoms with van der Waals surface area (Å²) in [6, 6.07) is 0. The molecular formula is C5H6N2. The molecule has 0 saturated carbocycles. The molecule has 1 heterocycles. The third-order valence-corrected chi connectivity index (χ3v) is 0.674. The third-order valence-electron chi connectivity index (χ3n) is 0.674. The van der Waals surface area contributed by atoms with Crippen molar-refractivity contribution in [3.63, 3.8) is 0 Å². The van der Waals surface area contributed by atoms with E-state index in [1.54, 1.807) is 18.5 Å². The average Bonchev–Trinajstić information content (AvgIpc) is 1.69. The summed E-state index contributed by atoms with van der Waals surface area (Å²) >= 11 is 0. The second-order valence-corrected chi connectivity index (χ2v) is 1.25. The SMILES string of the molecule is NN1C=C=CC=C1. The predicted octanol–water partition coefficient (Wildman–Crippen LogP) is 0.358. The first kappa shape index (κ1) is 4.19. The van der Waals surface area contributed by atoms with Crippen molar-refractivity contribution in [1.29, 1.82) is 0 Å². The fraction of sp³-hybridized carbons (Fsp3) is 0. The number of nitrogens with two attached hydrogens (primary N) is 1. The van der Waals surface area contributed by atoms with Crippen molar-refractivity contribution in [3.8, 4) is 0 Å². The minimum atomic E-state index is 1.44. The van der Waals surface area contributed by atoms with E-state index in [0.717, 1.165) is 0 Å². The van der Waals surface area contributed by atoms with E-state index >= 15 is 0 Å². The molecule has 2 heteroatoms. The summed E-state index contributed by atoms with van der Waals surface area (Å²) in [4.78, 5) is 0. The maximum absolute atomic E-state index is 5.24. The Kier molecular flexibility index (Phi) is 0.984. The Bertz CT molecular complexity index is 140. The standard InChI is InChI=1S/C5H6N2/c6-7-4-2-1-3-5-7/h1-2,4-5H,6H2. The Labute approximate surface area is 42.2 Å². The average molecular weight is 94.1 g/mol. The van der Waals surface area contributed by atoms with Crippen LogP contribution in [0.3, 0.4) is 0 Å². The van der Waals surface area contributed by atoms with Crippen molar-refractivity contribution >= 4 is 0 Å². The first-order valence-corrected chi connectivity index (χ1v) is 2.02. The zero-order valence-corrected chi connectivity index (χ0v) is 3.83. The van der Waals surface area contributed by atoms with E-state index in [1.165, 1.54) is 5.01 Å². The van der Waals surface area contributed by atoms with Gasteiger partial charge in [0.05, 0.1) is 6.20 Å². The van der Waals surface area contributed by atoms with Gasteiger partial charge in [0.2, 0.25) is 0 Å². The van der Waals surface area contributed by atoms with Crippen LogP contribution >= 0.6 is 0 Å². The Morgan fingerprint density at radius 2 is 2.43 bits per heavy atom. The van der Waals surface area contributed by atoms with Crippen molar-refractivity contribution in [3.05, 3.63) is 30.3 Å². The summed E-state index contributed by atoms with van der Waals surface area (Å²) in [6.07, 6.45) is 7.01. The molecule has 0 fully saturated rings. The van der Waals surface area contributed by atoms with Crippen molar-refractivity contribution in [2.45, 2.75) is 0 Å². The fourth-order valence-corrected chi connectivity index (χ4v) is 0.370. The summed E-state index contributed by atoms with van der Waals surface area (Å²) < 4.78 is 0. The largest absolute Gasteiger partial charge is 0.286 e. The second-order valence-electron chi connectivity index (χ2n) is 1.25. The zero-order valence-electron chi connectivity index (χ0n) is 3.83. The number of hydrogen-bond donors (Lipinski definition) is 1. The maximum atomic E-state index is 5.24. The van der Waals surface area contributed by atoms with Gasteiger partial charge in [-0.3, -0.25) is 5.01 Å². The van der Waals surface area contributed by atoms with Gasteiger partial charge in [-0.2, -0.15) is 0 Å². The Morgan fingerprint density at radius 1 is 1.57 bits per heavy atom. The van der Waals surface area contributed by atoms with Gasteiger partial charge in [-0.25, -0.2) is 5.84 Å². The summed E-state index contributed by atoms with van der Waals surface area (Å²) in [6.45, 7) is 0. The topological polar surface area (TPSA) is 29.3 Å². The van der Waals surface area contributed by atoms with E-state index in [9.17, 15) is 0 Å². The number of hydrogen-bond acceptors (Lipinski definition) is 2. The zero-order chi connectivity index (χ0) is 5.11. The van der Waals surface area contributed by atoms with E-state index < -0.39 is 0 Å². The highest BCUT2D eigenvalue weighted by Crippen LogP contribution is 1.86. The summed E-state index contributed by atoms with van der Waals surface area (Å²) in [5.41, 5.74) is 2.80. The summed E-state index contributed by atoms with van der Waals surface area (Å²) in [7, 11) is 0. The van der Waals surface area contributed by atoms with Crippen LogP contribution in [0, 0.1) is 0 Å². The monoisotopic (exact) mass is 94.1 g/mol. The van der Waals surface area contributed by atoms with Crippen molar-refractivity contribution < 1.29 is 0 Å². The van der Waals surface area contributed by atoms with Crippen LogP contribution in [-0.2, 0) is 0 Å². The number of allylic oxidation sites excluding steroid dienone is 2. The van der Waals surface area contributed by atoms with Crippen LogP contribution in [0.25, 0.3) is 0 Å². The van der Waals surface area contributed by atoms with Gasteiger partial charge in [-0.05, 0) is 12.2 Å². The minimum Gasteiger partial charge on any atom is -0.286 e. The lowest BCUT2D eigenvalue weighted by Gasteiger charge is -2.04. The van der Waals surface area contributed by atoms with Gasteiger partial charge in [-0.1, -0.05) is 0 Å². The van der Waals surface area contributed by atoms with Gasteiger partial charge in [0, 0.05) is 6.20 Å². The molecule has 0 aromatic carbocycles. The van der Waals surface area contributed by atoms with Gasteiger partial charge in [0.25, 0.3) is 0 Å². The highest BCUT2D eigenvalue weighted by atomic mass is 15.4. The van der Waals surface area contributed by atoms with Gasteiger partial charge in [-0.15, -0.1) is 5.73 Å². The Hall–Kier alpha value is -0.980. The third kappa shape index (κ3) is 0.929. The van der Waals surface area contributed by atoms with E-state index in [-0.39, 0.29) is 0 Å². The second kappa shape index (κ2) is 1.65. The van der Waals surface area contributed by atoms with Crippen LogP contribution in [0.4, 0.5) is 0 Å². The minimum absolute atomic E-state index is 1.44. The highest BCUT2D eigenvalue weighted by molar-refractivity contribution is 5.07. The van der Waals surface area contributed by atoms with E-state index in [0.29, 0.717) is 0 Å². The van der Waals surface area contributed by atoms with Crippen LogP contribution in [0.15, 0.2) is 30.3 Å². The molecule has 2 N–H and O–H groups in total. The van der Waals surface area contributed by atoms with Gasteiger partial charge in [0.1, 0.15) is 0 Å². The Balaban J connectivity index is 2.77. The van der Waals surface area contributed by atoms with Crippen LogP contribution in [0.5, 0.6) is 0 Å². The molecule has 7 heavy (non-hydrogen) atoms. The van der Waals surface area contributed by atoms with Crippen LogP contribution < -0.4 is 5.84 Å². The molecule has 36 valence electrons. The molecule has 1 rings (SSSR count). The number of nitrogens with zero attached hydrogens (tertiary/aromatic N) is 1. The molecule has 0 unspecified atom stereocenters. The molecular weight excluding hydrogens is 88.1 g/mol. The molecule has 0 spiro atoms. The lowest BCUT2D eigenvalue weighted by atomic mass is 10.5. The molecule has 0 aromatic rings. The smallest absolute Gasteiger partial charge is 0.0625 e. The summed E-state index contributed by atoms with van der Waals surface area (Å²) in [5.74, 6) is 5.24. The quantitative estimate of drug-likeness (QED) is 0.347. The molecule has 0 atom stereocenters. The first-order valence-electron chi connectivity index (χ1n) is 2.02. The van der Waals surface area contributed by atoms with Crippen molar-refractivity contribution in [2.75, 3.05) is 0 Å². The highest BCUT2D eigenvalue weighted by Gasteiger charge is 1.79. The molecule has 1 aliphatic rings. The molecule has 0 radical (unpaired) electrons. The molecule has 2 nitrogen and oxygen atoms in total. The molecule has 0 amide bonds. The normalized spacial score (nSPS) is 15.9. The fourth-order valence-electron chi connectivity index (χ4n) is 0.370. The van der Waals surface area contributed by atoms with Crippen molar-refractivity contribution in [1.82, 2.24) is 5.01 Å². The van der Waals surface area contributed by atoms with Crippen LogP contribution in [0.2, 0.25) is 0 Å². The lowest BCUT2D eigenvalue weighted by Crippen LogP contribution is -2.17. The lowest BCUT2D eigenvalue weighted by molar-refractivity contribution is 0.539. The van der Waals surface area contributed by atoms with Gasteiger partial charge < -0.3 is 0 Å². The number of hydrazine groups is 1. The molecule has 0 bridgehead atoms. The molecule has 0 aliphatic carbocycles. The first-order chi connectivity index (χ1) is 3.39.